The van der Waals surface area contributed by atoms with E-state index in [0.29, 0.717) is 25.4 Å². The van der Waals surface area contributed by atoms with Gasteiger partial charge in [-0.1, -0.05) is 36.4 Å². The molecule has 2 rings (SSSR count). The van der Waals surface area contributed by atoms with Crippen LogP contribution in [0, 0.1) is 5.82 Å². The van der Waals surface area contributed by atoms with Crippen LogP contribution in [0.1, 0.15) is 11.1 Å². The van der Waals surface area contributed by atoms with Gasteiger partial charge in [-0.2, -0.15) is 0 Å². The highest BCUT2D eigenvalue weighted by Gasteiger charge is 2.10. The van der Waals surface area contributed by atoms with Crippen LogP contribution in [0.3, 0.4) is 0 Å². The lowest BCUT2D eigenvalue weighted by Gasteiger charge is -2.22. The number of hydrogen-bond acceptors (Lipinski definition) is 3. The second-order valence-electron chi connectivity index (χ2n) is 5.45. The van der Waals surface area contributed by atoms with Crippen LogP contribution in [0.15, 0.2) is 61.2 Å². The molecule has 2 aromatic carbocycles. The number of nitrogens with two attached hydrogens (primary N) is 1. The average Bonchev–Trinajstić information content (AvgIpc) is 2.56. The summed E-state index contributed by atoms with van der Waals surface area (Å²) in [5, 5.41) is 0. The first-order valence-electron chi connectivity index (χ1n) is 7.65. The van der Waals surface area contributed by atoms with E-state index in [2.05, 4.69) is 11.5 Å². The van der Waals surface area contributed by atoms with E-state index in [-0.39, 0.29) is 12.4 Å². The van der Waals surface area contributed by atoms with Gasteiger partial charge in [-0.25, -0.2) is 4.39 Å². The van der Waals surface area contributed by atoms with E-state index in [4.69, 9.17) is 10.5 Å². The number of halogens is 1. The van der Waals surface area contributed by atoms with Crippen molar-refractivity contribution in [1.29, 1.82) is 0 Å². The van der Waals surface area contributed by atoms with E-state index < -0.39 is 5.91 Å². The molecule has 2 aromatic rings. The van der Waals surface area contributed by atoms with Gasteiger partial charge >= 0.3 is 0 Å². The largest absolute Gasteiger partial charge is 0.483 e. The van der Waals surface area contributed by atoms with E-state index in [1.807, 2.05) is 30.3 Å². The number of benzene rings is 2. The molecule has 0 aliphatic rings. The van der Waals surface area contributed by atoms with Crippen molar-refractivity contribution >= 4 is 5.91 Å². The second-order valence-corrected chi connectivity index (χ2v) is 5.45. The number of carbonyl (C=O) groups is 1. The number of hydrogen-bond donors (Lipinski definition) is 1. The molecule has 4 nitrogen and oxygen atoms in total. The highest BCUT2D eigenvalue weighted by atomic mass is 19.1. The third-order valence-electron chi connectivity index (χ3n) is 3.44. The number of primary amides is 1. The van der Waals surface area contributed by atoms with Crippen LogP contribution in [0.2, 0.25) is 0 Å². The molecule has 0 bridgehead atoms. The van der Waals surface area contributed by atoms with Crippen molar-refractivity contribution in [2.24, 2.45) is 5.73 Å². The fourth-order valence-electron chi connectivity index (χ4n) is 2.38. The molecule has 0 atom stereocenters. The number of ether oxygens (including phenoxy) is 1. The number of amides is 1. The first-order chi connectivity index (χ1) is 11.6. The van der Waals surface area contributed by atoms with Gasteiger partial charge in [0.1, 0.15) is 11.6 Å². The standard InChI is InChI=1S/C19H21FN2O2/c1-2-11-22(12-15-7-9-17(20)10-8-15)13-16-5-3-4-6-18(16)24-14-19(21)23/h2-10H,1,11-14H2,(H2,21,23). The number of rotatable bonds is 9. The van der Waals surface area contributed by atoms with E-state index in [1.54, 1.807) is 12.1 Å². The molecule has 0 aliphatic heterocycles. The molecule has 0 heterocycles. The molecule has 5 heteroatoms. The first kappa shape index (κ1) is 17.7. The molecular formula is C19H21FN2O2. The molecule has 126 valence electrons. The van der Waals surface area contributed by atoms with Crippen molar-refractivity contribution in [2.45, 2.75) is 13.1 Å². The lowest BCUT2D eigenvalue weighted by atomic mass is 10.1. The summed E-state index contributed by atoms with van der Waals surface area (Å²) in [5.41, 5.74) is 7.09. The predicted molar refractivity (Wildman–Crippen MR) is 91.8 cm³/mol. The summed E-state index contributed by atoms with van der Waals surface area (Å²) >= 11 is 0. The smallest absolute Gasteiger partial charge is 0.255 e. The first-order valence-corrected chi connectivity index (χ1v) is 7.65. The zero-order valence-electron chi connectivity index (χ0n) is 13.5. The topological polar surface area (TPSA) is 55.6 Å². The zero-order chi connectivity index (χ0) is 17.4. The summed E-state index contributed by atoms with van der Waals surface area (Å²) in [6.45, 7) is 5.56. The molecule has 0 aliphatic carbocycles. The normalized spacial score (nSPS) is 10.6. The molecular weight excluding hydrogens is 307 g/mol. The Kier molecular flexibility index (Phi) is 6.51. The van der Waals surface area contributed by atoms with Crippen molar-refractivity contribution < 1.29 is 13.9 Å². The molecule has 0 saturated heterocycles. The van der Waals surface area contributed by atoms with Gasteiger partial charge in [-0.15, -0.1) is 6.58 Å². The van der Waals surface area contributed by atoms with Gasteiger partial charge in [0.05, 0.1) is 0 Å². The van der Waals surface area contributed by atoms with Crippen LogP contribution in [0.5, 0.6) is 5.75 Å². The van der Waals surface area contributed by atoms with Crippen LogP contribution in [-0.2, 0) is 17.9 Å². The van der Waals surface area contributed by atoms with E-state index in [0.717, 1.165) is 11.1 Å². The van der Waals surface area contributed by atoms with E-state index in [9.17, 15) is 9.18 Å². The fourth-order valence-corrected chi connectivity index (χ4v) is 2.38. The summed E-state index contributed by atoms with van der Waals surface area (Å²) in [6.07, 6.45) is 1.82. The Morgan fingerprint density at radius 1 is 1.17 bits per heavy atom. The SMILES string of the molecule is C=CCN(Cc1ccc(F)cc1)Cc1ccccc1OCC(N)=O. The maximum atomic E-state index is 13.0. The minimum atomic E-state index is -0.515. The summed E-state index contributed by atoms with van der Waals surface area (Å²) < 4.78 is 18.5. The van der Waals surface area contributed by atoms with Crippen LogP contribution in [0.4, 0.5) is 4.39 Å². The van der Waals surface area contributed by atoms with Crippen molar-refractivity contribution in [3.05, 3.63) is 78.1 Å². The Morgan fingerprint density at radius 3 is 2.54 bits per heavy atom. The van der Waals surface area contributed by atoms with Gasteiger partial charge in [0.2, 0.25) is 0 Å². The summed E-state index contributed by atoms with van der Waals surface area (Å²) in [7, 11) is 0. The van der Waals surface area contributed by atoms with Gasteiger partial charge in [0.25, 0.3) is 5.91 Å². The van der Waals surface area contributed by atoms with Gasteiger partial charge in [-0.3, -0.25) is 9.69 Å². The van der Waals surface area contributed by atoms with Crippen LogP contribution < -0.4 is 10.5 Å². The van der Waals surface area contributed by atoms with Gasteiger partial charge in [-0.05, 0) is 23.8 Å². The average molecular weight is 328 g/mol. The molecule has 0 aromatic heterocycles. The Balaban J connectivity index is 2.10. The molecule has 24 heavy (non-hydrogen) atoms. The highest BCUT2D eigenvalue weighted by molar-refractivity contribution is 5.75. The Morgan fingerprint density at radius 2 is 1.88 bits per heavy atom. The maximum absolute atomic E-state index is 13.0. The zero-order valence-corrected chi connectivity index (χ0v) is 13.5. The van der Waals surface area contributed by atoms with Crippen molar-refractivity contribution in [2.75, 3.05) is 13.2 Å². The minimum absolute atomic E-state index is 0.156. The second kappa shape index (κ2) is 8.84. The predicted octanol–water partition coefficient (Wildman–Crippen LogP) is 2.88. The summed E-state index contributed by atoms with van der Waals surface area (Å²) in [5.74, 6) is -0.136. The minimum Gasteiger partial charge on any atom is -0.483 e. The quantitative estimate of drug-likeness (QED) is 0.720. The van der Waals surface area contributed by atoms with Gasteiger partial charge in [0.15, 0.2) is 6.61 Å². The molecule has 2 N–H and O–H groups in total. The fraction of sp³-hybridized carbons (Fsp3) is 0.211. The molecule has 0 saturated carbocycles. The maximum Gasteiger partial charge on any atom is 0.255 e. The third-order valence-corrected chi connectivity index (χ3v) is 3.44. The molecule has 1 amide bonds. The van der Waals surface area contributed by atoms with Crippen LogP contribution in [0.25, 0.3) is 0 Å². The van der Waals surface area contributed by atoms with Gasteiger partial charge in [0, 0.05) is 25.2 Å². The van der Waals surface area contributed by atoms with Crippen molar-refractivity contribution in [1.82, 2.24) is 4.90 Å². The highest BCUT2D eigenvalue weighted by Crippen LogP contribution is 2.21. The van der Waals surface area contributed by atoms with E-state index in [1.165, 1.54) is 12.1 Å². The third kappa shape index (κ3) is 5.52. The number of carbonyl (C=O) groups excluding carboxylic acids is 1. The van der Waals surface area contributed by atoms with Crippen LogP contribution in [-0.4, -0.2) is 24.0 Å². The van der Waals surface area contributed by atoms with Crippen molar-refractivity contribution in [3.8, 4) is 5.75 Å². The Bertz CT molecular complexity index is 686. The lowest BCUT2D eigenvalue weighted by molar-refractivity contribution is -0.119. The molecule has 0 unspecified atom stereocenters. The van der Waals surface area contributed by atoms with Gasteiger partial charge < -0.3 is 10.5 Å². The molecule has 0 radical (unpaired) electrons. The molecule has 0 spiro atoms. The number of para-hydroxylation sites is 1. The Labute approximate surface area is 141 Å². The summed E-state index contributed by atoms with van der Waals surface area (Å²) in [4.78, 5) is 13.1. The van der Waals surface area contributed by atoms with Crippen LogP contribution >= 0.6 is 0 Å². The summed E-state index contributed by atoms with van der Waals surface area (Å²) in [6, 6.07) is 13.9. The van der Waals surface area contributed by atoms with Crippen molar-refractivity contribution in [3.63, 3.8) is 0 Å². The monoisotopic (exact) mass is 328 g/mol. The lowest BCUT2D eigenvalue weighted by Crippen LogP contribution is -2.24. The van der Waals surface area contributed by atoms with E-state index >= 15 is 0 Å². The number of nitrogens with zero attached hydrogens (tertiary/aromatic N) is 1. The molecule has 0 fully saturated rings. The Hall–Kier alpha value is -2.66.